The van der Waals surface area contributed by atoms with Crippen molar-refractivity contribution < 1.29 is 17.4 Å². The lowest BCUT2D eigenvalue weighted by Gasteiger charge is -2.11. The Labute approximate surface area is 124 Å². The van der Waals surface area contributed by atoms with Gasteiger partial charge in [-0.2, -0.15) is 8.42 Å². The minimum absolute atomic E-state index is 0.0314. The third kappa shape index (κ3) is 3.31. The quantitative estimate of drug-likeness (QED) is 0.642. The number of benzene rings is 2. The van der Waals surface area contributed by atoms with E-state index >= 15 is 0 Å². The van der Waals surface area contributed by atoms with Crippen LogP contribution in [-0.4, -0.2) is 14.2 Å². The molecule has 21 heavy (non-hydrogen) atoms. The summed E-state index contributed by atoms with van der Waals surface area (Å²) in [7, 11) is -3.96. The van der Waals surface area contributed by atoms with Gasteiger partial charge in [-0.25, -0.2) is 0 Å². The molecule has 5 heteroatoms. The van der Waals surface area contributed by atoms with Crippen LogP contribution in [0.4, 0.5) is 0 Å². The van der Waals surface area contributed by atoms with Gasteiger partial charge in [0.05, 0.1) is 0 Å². The van der Waals surface area contributed by atoms with Gasteiger partial charge in [-0.05, 0) is 50.1 Å². The van der Waals surface area contributed by atoms with Gasteiger partial charge in [0.15, 0.2) is 5.78 Å². The highest BCUT2D eigenvalue weighted by Crippen LogP contribution is 2.25. The molecule has 0 N–H and O–H groups in total. The summed E-state index contributed by atoms with van der Waals surface area (Å²) in [5.41, 5.74) is 2.05. The first-order valence-corrected chi connectivity index (χ1v) is 7.84. The van der Waals surface area contributed by atoms with Crippen LogP contribution in [0.15, 0.2) is 47.4 Å². The van der Waals surface area contributed by atoms with Crippen LogP contribution in [0.3, 0.4) is 0 Å². The lowest BCUT2D eigenvalue weighted by atomic mass is 10.1. The summed E-state index contributed by atoms with van der Waals surface area (Å²) in [5.74, 6) is 0.0991. The van der Waals surface area contributed by atoms with Gasteiger partial charge in [-0.15, -0.1) is 0 Å². The molecule has 0 unspecified atom stereocenters. The fourth-order valence-corrected chi connectivity index (χ4v) is 2.88. The molecule has 0 aliphatic heterocycles. The van der Waals surface area contributed by atoms with E-state index in [0.717, 1.165) is 11.1 Å². The summed E-state index contributed by atoms with van der Waals surface area (Å²) >= 11 is 0. The van der Waals surface area contributed by atoms with Crippen LogP contribution in [0.5, 0.6) is 5.75 Å². The molecule has 0 spiro atoms. The van der Waals surface area contributed by atoms with Crippen LogP contribution in [0, 0.1) is 13.8 Å². The maximum absolute atomic E-state index is 12.3. The van der Waals surface area contributed by atoms with Gasteiger partial charge in [0.25, 0.3) is 0 Å². The Hall–Kier alpha value is -2.14. The Bertz CT molecular complexity index is 792. The molecule has 0 aliphatic rings. The molecule has 0 fully saturated rings. The van der Waals surface area contributed by atoms with Gasteiger partial charge in [-0.3, -0.25) is 4.79 Å². The summed E-state index contributed by atoms with van der Waals surface area (Å²) in [5, 5.41) is 0. The van der Waals surface area contributed by atoms with Crippen LogP contribution in [0.1, 0.15) is 28.4 Å². The molecule has 0 atom stereocenters. The third-order valence-corrected chi connectivity index (χ3v) is 4.51. The molecular formula is C16H16O4S. The fourth-order valence-electron chi connectivity index (χ4n) is 1.85. The fraction of sp³-hybridized carbons (Fsp3) is 0.188. The van der Waals surface area contributed by atoms with Gasteiger partial charge in [0, 0.05) is 5.56 Å². The van der Waals surface area contributed by atoms with Crippen molar-refractivity contribution in [2.45, 2.75) is 25.7 Å². The molecule has 0 radical (unpaired) electrons. The molecule has 2 rings (SSSR count). The number of carbonyl (C=O) groups is 1. The van der Waals surface area contributed by atoms with E-state index in [9.17, 15) is 13.2 Å². The molecule has 0 aromatic heterocycles. The number of rotatable bonds is 4. The zero-order chi connectivity index (χ0) is 15.6. The second-order valence-electron chi connectivity index (χ2n) is 4.82. The van der Waals surface area contributed by atoms with Crippen molar-refractivity contribution in [1.82, 2.24) is 0 Å². The molecule has 2 aromatic rings. The summed E-state index contributed by atoms with van der Waals surface area (Å²) < 4.78 is 29.8. The second kappa shape index (κ2) is 5.69. The lowest BCUT2D eigenvalue weighted by Crippen LogP contribution is -2.11. The van der Waals surface area contributed by atoms with Crippen molar-refractivity contribution in [3.05, 3.63) is 59.2 Å². The van der Waals surface area contributed by atoms with Gasteiger partial charge in [0.2, 0.25) is 0 Å². The number of aryl methyl sites for hydroxylation is 1. The van der Waals surface area contributed by atoms with E-state index in [2.05, 4.69) is 0 Å². The van der Waals surface area contributed by atoms with E-state index < -0.39 is 10.1 Å². The third-order valence-electron chi connectivity index (χ3n) is 3.28. The summed E-state index contributed by atoms with van der Waals surface area (Å²) in [6.45, 7) is 5.06. The van der Waals surface area contributed by atoms with Crippen molar-refractivity contribution >= 4 is 15.9 Å². The van der Waals surface area contributed by atoms with Gasteiger partial charge < -0.3 is 4.18 Å². The zero-order valence-electron chi connectivity index (χ0n) is 12.1. The molecule has 0 aliphatic carbocycles. The predicted molar refractivity (Wildman–Crippen MR) is 80.2 cm³/mol. The van der Waals surface area contributed by atoms with E-state index in [1.807, 2.05) is 13.0 Å². The average molecular weight is 304 g/mol. The van der Waals surface area contributed by atoms with Crippen LogP contribution >= 0.6 is 0 Å². The van der Waals surface area contributed by atoms with Crippen LogP contribution < -0.4 is 4.18 Å². The molecule has 0 saturated carbocycles. The highest BCUT2D eigenvalue weighted by atomic mass is 32.2. The summed E-state index contributed by atoms with van der Waals surface area (Å²) in [6, 6.07) is 11.0. The van der Waals surface area contributed by atoms with E-state index in [0.29, 0.717) is 11.3 Å². The maximum Gasteiger partial charge on any atom is 0.339 e. The second-order valence-corrected chi connectivity index (χ2v) is 6.37. The Morgan fingerprint density at radius 2 is 1.71 bits per heavy atom. The number of hydrogen-bond donors (Lipinski definition) is 0. The van der Waals surface area contributed by atoms with Gasteiger partial charge in [0.1, 0.15) is 10.6 Å². The van der Waals surface area contributed by atoms with Crippen molar-refractivity contribution in [3.8, 4) is 5.75 Å². The lowest BCUT2D eigenvalue weighted by molar-refractivity contribution is 0.101. The number of Topliss-reactive ketones (excluding diaryl/α,β-unsaturated/α-hetero) is 1. The predicted octanol–water partition coefficient (Wildman–Crippen LogP) is 3.27. The minimum Gasteiger partial charge on any atom is -0.379 e. The standard InChI is InChI=1S/C16H16O4S/c1-11-6-4-9-16(12(11)2)20-21(18,19)15-8-5-7-14(10-15)13(3)17/h4-10H,1-3H3. The number of hydrogen-bond acceptors (Lipinski definition) is 4. The smallest absolute Gasteiger partial charge is 0.339 e. The van der Waals surface area contributed by atoms with E-state index in [1.165, 1.54) is 25.1 Å². The van der Waals surface area contributed by atoms with Crippen molar-refractivity contribution in [2.24, 2.45) is 0 Å². The average Bonchev–Trinajstić information content (AvgIpc) is 2.44. The molecular weight excluding hydrogens is 288 g/mol. The normalized spacial score (nSPS) is 11.2. The summed E-state index contributed by atoms with van der Waals surface area (Å²) in [6.07, 6.45) is 0. The van der Waals surface area contributed by atoms with Gasteiger partial charge >= 0.3 is 10.1 Å². The monoisotopic (exact) mass is 304 g/mol. The van der Waals surface area contributed by atoms with E-state index in [1.54, 1.807) is 25.1 Å². The van der Waals surface area contributed by atoms with Crippen LogP contribution in [0.25, 0.3) is 0 Å². The first-order chi connectivity index (χ1) is 9.81. The van der Waals surface area contributed by atoms with Gasteiger partial charge in [-0.1, -0.05) is 24.3 Å². The molecule has 0 amide bonds. The summed E-state index contributed by atoms with van der Waals surface area (Å²) in [4.78, 5) is 11.3. The molecule has 4 nitrogen and oxygen atoms in total. The minimum atomic E-state index is -3.96. The maximum atomic E-state index is 12.3. The molecule has 110 valence electrons. The van der Waals surface area contributed by atoms with Crippen LogP contribution in [0.2, 0.25) is 0 Å². The zero-order valence-corrected chi connectivity index (χ0v) is 12.9. The first-order valence-electron chi connectivity index (χ1n) is 6.43. The molecule has 2 aromatic carbocycles. The Morgan fingerprint density at radius 1 is 1.05 bits per heavy atom. The first kappa shape index (κ1) is 15.3. The molecule has 0 heterocycles. The Balaban J connectivity index is 2.41. The van der Waals surface area contributed by atoms with E-state index in [-0.39, 0.29) is 10.7 Å². The van der Waals surface area contributed by atoms with E-state index in [4.69, 9.17) is 4.18 Å². The van der Waals surface area contributed by atoms with Crippen LogP contribution in [-0.2, 0) is 10.1 Å². The Kier molecular flexibility index (Phi) is 4.14. The van der Waals surface area contributed by atoms with Crippen molar-refractivity contribution in [2.75, 3.05) is 0 Å². The van der Waals surface area contributed by atoms with Crippen molar-refractivity contribution in [1.29, 1.82) is 0 Å². The highest BCUT2D eigenvalue weighted by molar-refractivity contribution is 7.87. The largest absolute Gasteiger partial charge is 0.379 e. The van der Waals surface area contributed by atoms with Crippen molar-refractivity contribution in [3.63, 3.8) is 0 Å². The molecule has 0 saturated heterocycles. The Morgan fingerprint density at radius 3 is 2.38 bits per heavy atom. The molecule has 0 bridgehead atoms. The number of carbonyl (C=O) groups excluding carboxylic acids is 1. The highest BCUT2D eigenvalue weighted by Gasteiger charge is 2.19. The SMILES string of the molecule is CC(=O)c1cccc(S(=O)(=O)Oc2cccc(C)c2C)c1. The topological polar surface area (TPSA) is 60.4 Å². The number of ketones is 1.